The molecule has 0 aliphatic heterocycles. The van der Waals surface area contributed by atoms with Gasteiger partial charge in [-0.2, -0.15) is 0 Å². The quantitative estimate of drug-likeness (QED) is 0.448. The van der Waals surface area contributed by atoms with Crippen molar-refractivity contribution in [2.75, 3.05) is 6.54 Å². The van der Waals surface area contributed by atoms with E-state index in [1.54, 1.807) is 0 Å². The number of fused-ring (bicyclic) bond motifs is 1. The number of halogens is 1. The lowest BCUT2D eigenvalue weighted by Gasteiger charge is -2.29. The Bertz CT molecular complexity index is 601. The predicted octanol–water partition coefficient (Wildman–Crippen LogP) is 4.22. The SMILES string of the molecule is CCN=C(NC1CCC1)NC(C)c1cc2ccccc2o1.I. The van der Waals surface area contributed by atoms with Gasteiger partial charge >= 0.3 is 0 Å². The molecule has 22 heavy (non-hydrogen) atoms. The minimum Gasteiger partial charge on any atom is -0.459 e. The molecule has 1 saturated carbocycles. The highest BCUT2D eigenvalue weighted by Crippen LogP contribution is 2.23. The van der Waals surface area contributed by atoms with E-state index < -0.39 is 0 Å². The number of nitrogens with one attached hydrogen (secondary N) is 2. The van der Waals surface area contributed by atoms with Gasteiger partial charge in [0.1, 0.15) is 11.3 Å². The molecular formula is C17H24IN3O. The molecule has 1 unspecified atom stereocenters. The van der Waals surface area contributed by atoms with Gasteiger partial charge in [0.15, 0.2) is 5.96 Å². The fourth-order valence-electron chi connectivity index (χ4n) is 2.53. The zero-order valence-corrected chi connectivity index (χ0v) is 15.5. The van der Waals surface area contributed by atoms with Crippen LogP contribution in [0.3, 0.4) is 0 Å². The van der Waals surface area contributed by atoms with Crippen LogP contribution in [0.5, 0.6) is 0 Å². The highest BCUT2D eigenvalue weighted by molar-refractivity contribution is 14.0. The molecule has 1 fully saturated rings. The van der Waals surface area contributed by atoms with Gasteiger partial charge in [0.2, 0.25) is 0 Å². The fraction of sp³-hybridized carbons (Fsp3) is 0.471. The number of guanidine groups is 1. The molecule has 1 heterocycles. The maximum atomic E-state index is 5.91. The van der Waals surface area contributed by atoms with E-state index in [4.69, 9.17) is 4.42 Å². The predicted molar refractivity (Wildman–Crippen MR) is 102 cm³/mol. The van der Waals surface area contributed by atoms with Crippen molar-refractivity contribution in [3.63, 3.8) is 0 Å². The fourth-order valence-corrected chi connectivity index (χ4v) is 2.53. The summed E-state index contributed by atoms with van der Waals surface area (Å²) in [6.45, 7) is 4.93. The zero-order chi connectivity index (χ0) is 14.7. The normalized spacial score (nSPS) is 16.7. The first-order valence-electron chi connectivity index (χ1n) is 7.82. The topological polar surface area (TPSA) is 49.6 Å². The van der Waals surface area contributed by atoms with Crippen LogP contribution in [0.15, 0.2) is 39.7 Å². The van der Waals surface area contributed by atoms with Crippen LogP contribution in [0.2, 0.25) is 0 Å². The third kappa shape index (κ3) is 3.94. The van der Waals surface area contributed by atoms with Crippen molar-refractivity contribution >= 4 is 40.9 Å². The molecule has 0 spiro atoms. The van der Waals surface area contributed by atoms with Crippen LogP contribution in [0.1, 0.15) is 44.9 Å². The van der Waals surface area contributed by atoms with Gasteiger partial charge in [0, 0.05) is 18.0 Å². The van der Waals surface area contributed by atoms with Crippen LogP contribution in [0.4, 0.5) is 0 Å². The number of nitrogens with zero attached hydrogens (tertiary/aromatic N) is 1. The first kappa shape index (κ1) is 17.1. The molecular weight excluding hydrogens is 389 g/mol. The molecule has 0 saturated heterocycles. The molecule has 0 bridgehead atoms. The van der Waals surface area contributed by atoms with Gasteiger partial charge in [-0.25, -0.2) is 0 Å². The van der Waals surface area contributed by atoms with Crippen molar-refractivity contribution in [3.8, 4) is 0 Å². The number of furan rings is 1. The molecule has 0 radical (unpaired) electrons. The summed E-state index contributed by atoms with van der Waals surface area (Å²) in [6, 6.07) is 10.9. The summed E-state index contributed by atoms with van der Waals surface area (Å²) in [5.41, 5.74) is 0.932. The first-order valence-corrected chi connectivity index (χ1v) is 7.82. The van der Waals surface area contributed by atoms with Crippen molar-refractivity contribution in [2.45, 2.75) is 45.2 Å². The summed E-state index contributed by atoms with van der Waals surface area (Å²) in [4.78, 5) is 4.52. The van der Waals surface area contributed by atoms with Gasteiger partial charge in [-0.1, -0.05) is 18.2 Å². The summed E-state index contributed by atoms with van der Waals surface area (Å²) in [5, 5.41) is 8.07. The Balaban J connectivity index is 0.00000176. The number of rotatable bonds is 4. The van der Waals surface area contributed by atoms with E-state index in [1.165, 1.54) is 19.3 Å². The van der Waals surface area contributed by atoms with Gasteiger partial charge in [0.25, 0.3) is 0 Å². The van der Waals surface area contributed by atoms with Crippen LogP contribution in [-0.4, -0.2) is 18.5 Å². The summed E-state index contributed by atoms with van der Waals surface area (Å²) < 4.78 is 5.91. The Morgan fingerprint density at radius 1 is 1.36 bits per heavy atom. The second-order valence-corrected chi connectivity index (χ2v) is 5.65. The van der Waals surface area contributed by atoms with E-state index in [0.29, 0.717) is 6.04 Å². The molecule has 1 aliphatic carbocycles. The van der Waals surface area contributed by atoms with Gasteiger partial charge < -0.3 is 15.1 Å². The van der Waals surface area contributed by atoms with Crippen LogP contribution in [0, 0.1) is 0 Å². The number of aliphatic imine (C=N–C) groups is 1. The van der Waals surface area contributed by atoms with Gasteiger partial charge in [-0.3, -0.25) is 4.99 Å². The highest BCUT2D eigenvalue weighted by Gasteiger charge is 2.20. The average molecular weight is 413 g/mol. The lowest BCUT2D eigenvalue weighted by molar-refractivity contribution is 0.376. The van der Waals surface area contributed by atoms with Crippen LogP contribution >= 0.6 is 24.0 Å². The molecule has 1 atom stereocenters. The third-order valence-corrected chi connectivity index (χ3v) is 3.99. The second-order valence-electron chi connectivity index (χ2n) is 5.65. The lowest BCUT2D eigenvalue weighted by Crippen LogP contribution is -2.47. The third-order valence-electron chi connectivity index (χ3n) is 3.99. The monoisotopic (exact) mass is 413 g/mol. The summed E-state index contributed by atoms with van der Waals surface area (Å²) in [7, 11) is 0. The minimum atomic E-state index is 0. The van der Waals surface area contributed by atoms with E-state index in [9.17, 15) is 0 Å². The van der Waals surface area contributed by atoms with E-state index in [1.807, 2.05) is 18.2 Å². The number of benzene rings is 1. The summed E-state index contributed by atoms with van der Waals surface area (Å²) in [6.07, 6.45) is 3.79. The van der Waals surface area contributed by atoms with E-state index in [0.717, 1.165) is 29.2 Å². The summed E-state index contributed by atoms with van der Waals surface area (Å²) >= 11 is 0. The highest BCUT2D eigenvalue weighted by atomic mass is 127. The van der Waals surface area contributed by atoms with Gasteiger partial charge in [-0.05, 0) is 45.2 Å². The molecule has 2 N–H and O–H groups in total. The van der Waals surface area contributed by atoms with Gasteiger partial charge in [-0.15, -0.1) is 24.0 Å². The van der Waals surface area contributed by atoms with E-state index >= 15 is 0 Å². The van der Waals surface area contributed by atoms with Crippen LogP contribution in [0.25, 0.3) is 11.0 Å². The smallest absolute Gasteiger partial charge is 0.192 e. The average Bonchev–Trinajstić information content (AvgIpc) is 2.87. The number of para-hydroxylation sites is 1. The molecule has 2 aromatic rings. The van der Waals surface area contributed by atoms with Crippen molar-refractivity contribution in [2.24, 2.45) is 4.99 Å². The Labute approximate surface area is 148 Å². The standard InChI is InChI=1S/C17H23N3O.HI/c1-3-18-17(20-14-8-6-9-14)19-12(2)16-11-13-7-4-5-10-15(13)21-16;/h4-5,7,10-12,14H,3,6,8-9H2,1-2H3,(H2,18,19,20);1H. The molecule has 3 rings (SSSR count). The second kappa shape index (κ2) is 7.85. The first-order chi connectivity index (χ1) is 10.3. The number of hydrogen-bond acceptors (Lipinski definition) is 2. The molecule has 1 aromatic carbocycles. The molecule has 120 valence electrons. The zero-order valence-electron chi connectivity index (χ0n) is 13.1. The molecule has 0 amide bonds. The molecule has 4 nitrogen and oxygen atoms in total. The van der Waals surface area contributed by atoms with Crippen molar-refractivity contribution in [3.05, 3.63) is 36.1 Å². The van der Waals surface area contributed by atoms with Crippen LogP contribution < -0.4 is 10.6 Å². The summed E-state index contributed by atoms with van der Waals surface area (Å²) in [5.74, 6) is 1.82. The van der Waals surface area contributed by atoms with E-state index in [2.05, 4.69) is 41.6 Å². The Morgan fingerprint density at radius 3 is 2.77 bits per heavy atom. The van der Waals surface area contributed by atoms with Crippen molar-refractivity contribution < 1.29 is 4.42 Å². The van der Waals surface area contributed by atoms with Crippen molar-refractivity contribution in [1.29, 1.82) is 0 Å². The minimum absolute atomic E-state index is 0. The lowest BCUT2D eigenvalue weighted by atomic mass is 9.93. The Morgan fingerprint density at radius 2 is 2.14 bits per heavy atom. The molecule has 1 aliphatic rings. The Hall–Kier alpha value is -1.24. The molecule has 1 aromatic heterocycles. The van der Waals surface area contributed by atoms with Gasteiger partial charge in [0.05, 0.1) is 6.04 Å². The van der Waals surface area contributed by atoms with Crippen molar-refractivity contribution in [1.82, 2.24) is 10.6 Å². The Kier molecular flexibility index (Phi) is 6.11. The molecule has 5 heteroatoms. The maximum Gasteiger partial charge on any atom is 0.192 e. The van der Waals surface area contributed by atoms with Crippen LogP contribution in [-0.2, 0) is 0 Å². The largest absolute Gasteiger partial charge is 0.459 e. The van der Waals surface area contributed by atoms with E-state index in [-0.39, 0.29) is 30.0 Å². The maximum absolute atomic E-state index is 5.91. The number of hydrogen-bond donors (Lipinski definition) is 2.